The van der Waals surface area contributed by atoms with Crippen LogP contribution in [0.25, 0.3) is 0 Å². The number of primary amides is 1. The molecule has 2 aromatic carbocycles. The van der Waals surface area contributed by atoms with Crippen molar-refractivity contribution in [2.45, 2.75) is 12.1 Å². The molecule has 2 unspecified atom stereocenters. The molecule has 1 aliphatic heterocycles. The Kier molecular flexibility index (Phi) is 6.67. The maximum atomic E-state index is 12.5. The molecule has 28 heavy (non-hydrogen) atoms. The topological polar surface area (TPSA) is 75.9 Å². The van der Waals surface area contributed by atoms with Gasteiger partial charge in [0, 0.05) is 31.2 Å². The highest BCUT2D eigenvalue weighted by atomic mass is 35.5. The van der Waals surface area contributed by atoms with E-state index in [0.717, 1.165) is 11.1 Å². The van der Waals surface area contributed by atoms with E-state index in [0.29, 0.717) is 31.2 Å². The van der Waals surface area contributed by atoms with Gasteiger partial charge in [0.05, 0.1) is 7.11 Å². The summed E-state index contributed by atoms with van der Waals surface area (Å²) in [5, 5.41) is 0.615. The molecule has 1 saturated heterocycles. The van der Waals surface area contributed by atoms with E-state index in [-0.39, 0.29) is 11.9 Å². The molecular weight excluding hydrogens is 378 g/mol. The molecule has 0 radical (unpaired) electrons. The molecular formula is C21H24ClN3O3. The van der Waals surface area contributed by atoms with Gasteiger partial charge in [0.2, 0.25) is 5.91 Å². The molecule has 0 spiro atoms. The van der Waals surface area contributed by atoms with Crippen LogP contribution in [-0.2, 0) is 14.3 Å². The maximum absolute atomic E-state index is 12.5. The molecule has 148 valence electrons. The second kappa shape index (κ2) is 9.19. The predicted molar refractivity (Wildman–Crippen MR) is 108 cm³/mol. The third-order valence-corrected chi connectivity index (χ3v) is 5.33. The summed E-state index contributed by atoms with van der Waals surface area (Å²) in [4.78, 5) is 28.7. The van der Waals surface area contributed by atoms with E-state index in [1.807, 2.05) is 42.5 Å². The van der Waals surface area contributed by atoms with Gasteiger partial charge in [0.15, 0.2) is 0 Å². The van der Waals surface area contributed by atoms with Crippen molar-refractivity contribution >= 4 is 23.5 Å². The highest BCUT2D eigenvalue weighted by Gasteiger charge is 2.34. The van der Waals surface area contributed by atoms with E-state index in [1.165, 1.54) is 7.11 Å². The summed E-state index contributed by atoms with van der Waals surface area (Å²) in [6, 6.07) is 15.8. The average molecular weight is 402 g/mol. The fourth-order valence-corrected chi connectivity index (χ4v) is 3.82. The number of benzene rings is 2. The van der Waals surface area contributed by atoms with E-state index in [1.54, 1.807) is 12.1 Å². The van der Waals surface area contributed by atoms with Crippen LogP contribution in [0.1, 0.15) is 23.2 Å². The Balaban J connectivity index is 1.75. The van der Waals surface area contributed by atoms with Crippen LogP contribution in [0.2, 0.25) is 5.02 Å². The number of carbonyl (C=O) groups is 2. The molecule has 3 rings (SSSR count). The van der Waals surface area contributed by atoms with Crippen molar-refractivity contribution in [3.8, 4) is 0 Å². The minimum absolute atomic E-state index is 0.315. The number of hydrogen-bond donors (Lipinski definition) is 1. The monoisotopic (exact) mass is 401 g/mol. The zero-order valence-corrected chi connectivity index (χ0v) is 16.5. The number of carbonyl (C=O) groups excluding carboxylic acids is 2. The number of nitrogens with two attached hydrogens (primary N) is 1. The van der Waals surface area contributed by atoms with Gasteiger partial charge in [-0.3, -0.25) is 14.6 Å². The number of halogens is 1. The van der Waals surface area contributed by atoms with Gasteiger partial charge in [-0.1, -0.05) is 54.1 Å². The number of hydrogen-bond acceptors (Lipinski definition) is 5. The summed E-state index contributed by atoms with van der Waals surface area (Å²) in [7, 11) is 1.39. The van der Waals surface area contributed by atoms with E-state index < -0.39 is 12.1 Å². The lowest BCUT2D eigenvalue weighted by molar-refractivity contribution is -0.148. The SMILES string of the molecule is COC(=O)C(c1ccc(Cl)cc1)N1CCN(C(C(N)=O)c2ccccc2)CC1. The van der Waals surface area contributed by atoms with Crippen molar-refractivity contribution in [1.82, 2.24) is 9.80 Å². The number of piperazine rings is 1. The standard InChI is InChI=1S/C21H24ClN3O3/c1-28-21(27)19(16-7-9-17(22)10-8-16)25-13-11-24(12-14-25)18(20(23)26)15-5-3-2-4-6-15/h2-10,18-19H,11-14H2,1H3,(H2,23,26). The van der Waals surface area contributed by atoms with Crippen LogP contribution >= 0.6 is 11.6 Å². The summed E-state index contributed by atoms with van der Waals surface area (Å²) in [6.45, 7) is 2.45. The Morgan fingerprint density at radius 2 is 1.39 bits per heavy atom. The number of methoxy groups -OCH3 is 1. The second-order valence-electron chi connectivity index (χ2n) is 6.76. The number of esters is 1. The zero-order valence-electron chi connectivity index (χ0n) is 15.8. The lowest BCUT2D eigenvalue weighted by atomic mass is 10.0. The highest BCUT2D eigenvalue weighted by molar-refractivity contribution is 6.30. The van der Waals surface area contributed by atoms with Gasteiger partial charge in [-0.2, -0.15) is 0 Å². The third kappa shape index (κ3) is 4.52. The van der Waals surface area contributed by atoms with Crippen LogP contribution in [-0.4, -0.2) is 55.0 Å². The van der Waals surface area contributed by atoms with Crippen molar-refractivity contribution in [2.24, 2.45) is 5.73 Å². The quantitative estimate of drug-likeness (QED) is 0.752. The van der Waals surface area contributed by atoms with Crippen LogP contribution in [0, 0.1) is 0 Å². The first-order chi connectivity index (χ1) is 13.5. The Bertz CT molecular complexity index is 805. The second-order valence-corrected chi connectivity index (χ2v) is 7.20. The van der Waals surface area contributed by atoms with Crippen LogP contribution in [0.4, 0.5) is 0 Å². The summed E-state index contributed by atoms with van der Waals surface area (Å²) in [5.74, 6) is -0.688. The van der Waals surface area contributed by atoms with E-state index in [4.69, 9.17) is 22.1 Å². The van der Waals surface area contributed by atoms with Crippen molar-refractivity contribution in [1.29, 1.82) is 0 Å². The molecule has 2 N–H and O–H groups in total. The molecule has 0 saturated carbocycles. The van der Waals surface area contributed by atoms with Gasteiger partial charge in [-0.25, -0.2) is 4.79 Å². The molecule has 6 nitrogen and oxygen atoms in total. The van der Waals surface area contributed by atoms with Crippen LogP contribution < -0.4 is 5.73 Å². The Morgan fingerprint density at radius 1 is 0.893 bits per heavy atom. The first-order valence-electron chi connectivity index (χ1n) is 9.17. The van der Waals surface area contributed by atoms with Gasteiger partial charge >= 0.3 is 5.97 Å². The largest absolute Gasteiger partial charge is 0.468 e. The minimum atomic E-state index is -0.506. The van der Waals surface area contributed by atoms with Crippen molar-refractivity contribution in [3.05, 3.63) is 70.7 Å². The van der Waals surface area contributed by atoms with Gasteiger partial charge in [-0.15, -0.1) is 0 Å². The highest BCUT2D eigenvalue weighted by Crippen LogP contribution is 2.28. The van der Waals surface area contributed by atoms with Gasteiger partial charge in [-0.05, 0) is 23.3 Å². The van der Waals surface area contributed by atoms with Gasteiger partial charge in [0.25, 0.3) is 0 Å². The Morgan fingerprint density at radius 3 is 1.89 bits per heavy atom. The lowest BCUT2D eigenvalue weighted by Crippen LogP contribution is -2.52. The van der Waals surface area contributed by atoms with Gasteiger partial charge < -0.3 is 10.5 Å². The first-order valence-corrected chi connectivity index (χ1v) is 9.54. The maximum Gasteiger partial charge on any atom is 0.327 e. The van der Waals surface area contributed by atoms with Crippen molar-refractivity contribution < 1.29 is 14.3 Å². The summed E-state index contributed by atoms with van der Waals surface area (Å²) in [5.41, 5.74) is 7.40. The molecule has 1 amide bonds. The van der Waals surface area contributed by atoms with E-state index >= 15 is 0 Å². The fraction of sp³-hybridized carbons (Fsp3) is 0.333. The zero-order chi connectivity index (χ0) is 20.1. The molecule has 2 aromatic rings. The Labute approximate surface area is 169 Å². The summed E-state index contributed by atoms with van der Waals surface area (Å²) < 4.78 is 5.03. The smallest absolute Gasteiger partial charge is 0.327 e. The van der Waals surface area contributed by atoms with Gasteiger partial charge in [0.1, 0.15) is 12.1 Å². The minimum Gasteiger partial charge on any atom is -0.468 e. The number of amides is 1. The third-order valence-electron chi connectivity index (χ3n) is 5.07. The number of rotatable bonds is 6. The Hall–Kier alpha value is -2.41. The van der Waals surface area contributed by atoms with Crippen LogP contribution in [0.5, 0.6) is 0 Å². The van der Waals surface area contributed by atoms with E-state index in [9.17, 15) is 9.59 Å². The number of ether oxygens (including phenoxy) is 1. The van der Waals surface area contributed by atoms with Crippen molar-refractivity contribution in [2.75, 3.05) is 33.3 Å². The molecule has 2 atom stereocenters. The molecule has 1 aliphatic rings. The number of nitrogens with zero attached hydrogens (tertiary/aromatic N) is 2. The molecule has 0 aromatic heterocycles. The molecule has 0 bridgehead atoms. The van der Waals surface area contributed by atoms with Crippen LogP contribution in [0.15, 0.2) is 54.6 Å². The first kappa shape index (κ1) is 20.3. The average Bonchev–Trinajstić information content (AvgIpc) is 2.71. The van der Waals surface area contributed by atoms with Crippen LogP contribution in [0.3, 0.4) is 0 Å². The normalized spacial score (nSPS) is 17.6. The molecule has 0 aliphatic carbocycles. The predicted octanol–water partition coefficient (Wildman–Crippen LogP) is 2.40. The molecule has 1 fully saturated rings. The van der Waals surface area contributed by atoms with E-state index in [2.05, 4.69) is 9.80 Å². The lowest BCUT2D eigenvalue weighted by Gasteiger charge is -2.40. The summed E-state index contributed by atoms with van der Waals surface area (Å²) >= 11 is 5.98. The van der Waals surface area contributed by atoms with Crippen molar-refractivity contribution in [3.63, 3.8) is 0 Å². The fourth-order valence-electron chi connectivity index (χ4n) is 3.70. The molecule has 7 heteroatoms. The molecule has 1 heterocycles. The summed E-state index contributed by atoms with van der Waals surface area (Å²) in [6.07, 6.45) is 0.